The number of alkyl halides is 1. The molecule has 0 radical (unpaired) electrons. The number of β-lactam (4-membered cyclic amide) rings is 1. The molecule has 1 saturated heterocycles. The molecule has 0 aromatic carbocycles. The van der Waals surface area contributed by atoms with Gasteiger partial charge in [0, 0.05) is 17.3 Å². The van der Waals surface area contributed by atoms with E-state index in [2.05, 4.69) is 24.7 Å². The average molecular weight is 416 g/mol. The van der Waals surface area contributed by atoms with Crippen molar-refractivity contribution in [2.75, 3.05) is 18.3 Å². The number of rotatable bonds is 6. The van der Waals surface area contributed by atoms with E-state index in [0.29, 0.717) is 11.3 Å². The van der Waals surface area contributed by atoms with E-state index >= 15 is 0 Å². The molecule has 0 unspecified atom stereocenters. The van der Waals surface area contributed by atoms with Crippen LogP contribution in [0.2, 0.25) is 0 Å². The van der Waals surface area contributed by atoms with Crippen LogP contribution in [0.3, 0.4) is 0 Å². The molecule has 0 spiro atoms. The zero-order chi connectivity index (χ0) is 19.7. The van der Waals surface area contributed by atoms with Crippen molar-refractivity contribution >= 4 is 51.9 Å². The second kappa shape index (κ2) is 7.48. The Labute approximate surface area is 159 Å². The number of nitrogens with zero attached hydrogens (tertiary/aromatic N) is 4. The first-order valence-corrected chi connectivity index (χ1v) is 9.21. The van der Waals surface area contributed by atoms with E-state index in [9.17, 15) is 23.9 Å². The summed E-state index contributed by atoms with van der Waals surface area (Å²) in [7, 11) is 0. The molecule has 1 fully saturated rings. The number of aliphatic carboxylic acids is 1. The van der Waals surface area contributed by atoms with E-state index in [-0.39, 0.29) is 16.7 Å². The lowest BCUT2D eigenvalue weighted by molar-refractivity contribution is -0.150. The smallest absolute Gasteiger partial charge is 0.352 e. The highest BCUT2D eigenvalue weighted by molar-refractivity contribution is 8.00. The summed E-state index contributed by atoms with van der Waals surface area (Å²) >= 11 is 2.11. The number of halogens is 1. The normalized spacial score (nSPS) is 22.2. The first-order chi connectivity index (χ1) is 12.8. The highest BCUT2D eigenvalue weighted by Crippen LogP contribution is 2.40. The Morgan fingerprint density at radius 2 is 2.30 bits per heavy atom. The third kappa shape index (κ3) is 3.44. The minimum atomic E-state index is -1.28. The van der Waals surface area contributed by atoms with Crippen LogP contribution < -0.4 is 11.1 Å². The zero-order valence-electron chi connectivity index (χ0n) is 13.7. The molecule has 27 heavy (non-hydrogen) atoms. The first kappa shape index (κ1) is 19.0. The molecule has 0 saturated carbocycles. The number of oxime groups is 1. The van der Waals surface area contributed by atoms with Crippen LogP contribution in [0.4, 0.5) is 9.52 Å². The topological polar surface area (TPSA) is 160 Å². The molecule has 144 valence electrons. The number of hydrogen-bond donors (Lipinski definition) is 3. The van der Waals surface area contributed by atoms with Crippen molar-refractivity contribution in [1.29, 1.82) is 0 Å². The number of fused-ring (bicyclic) bond motifs is 1. The van der Waals surface area contributed by atoms with E-state index in [1.807, 2.05) is 0 Å². The van der Waals surface area contributed by atoms with Gasteiger partial charge in [-0.2, -0.15) is 9.36 Å². The molecule has 11 nitrogen and oxygen atoms in total. The number of nitrogen functional groups attached to an aromatic ring is 1. The summed E-state index contributed by atoms with van der Waals surface area (Å²) in [6.45, 7) is 0.348. The standard InChI is InChI=1S/C13H13FN6O5S2/c1-4-2-26-11-6(10(22)20(11)7(4)12(23)24)16-9(21)5(18-25-3-14)8-17-13(15)27-19-8/h6,11H,2-3H2,1H3,(H,16,21)(H,23,24)(H2,15,17,19)/b18-5-/t6-,11-/m1/s1. The molecule has 0 aliphatic carbocycles. The summed E-state index contributed by atoms with van der Waals surface area (Å²) in [4.78, 5) is 45.5. The summed E-state index contributed by atoms with van der Waals surface area (Å²) < 4.78 is 16.1. The van der Waals surface area contributed by atoms with Gasteiger partial charge in [-0.1, -0.05) is 5.16 Å². The van der Waals surface area contributed by atoms with Crippen molar-refractivity contribution in [1.82, 2.24) is 19.6 Å². The molecular formula is C13H13FN6O5S2. The SMILES string of the molecule is CC1=C(C(=O)O)N2C(=O)[C@@H](NC(=O)/C(=N\OCF)c3nsc(N)n3)[C@H]2SC1. The third-order valence-corrected chi connectivity index (χ3v) is 5.69. The lowest BCUT2D eigenvalue weighted by Crippen LogP contribution is -2.71. The fourth-order valence-corrected chi connectivity index (χ4v) is 4.32. The Morgan fingerprint density at radius 3 is 2.89 bits per heavy atom. The average Bonchev–Trinajstić information content (AvgIpc) is 3.05. The number of hydrogen-bond acceptors (Lipinski definition) is 10. The molecule has 2 amide bonds. The molecule has 3 rings (SSSR count). The number of carboxylic acids is 1. The summed E-state index contributed by atoms with van der Waals surface area (Å²) in [5, 5.41) is 14.6. The zero-order valence-corrected chi connectivity index (χ0v) is 15.3. The van der Waals surface area contributed by atoms with Gasteiger partial charge in [-0.05, 0) is 12.5 Å². The Bertz CT molecular complexity index is 871. The molecule has 1 aromatic heterocycles. The highest BCUT2D eigenvalue weighted by atomic mass is 32.2. The van der Waals surface area contributed by atoms with Crippen LogP contribution in [0.15, 0.2) is 16.4 Å². The van der Waals surface area contributed by atoms with Crippen molar-refractivity contribution in [3.63, 3.8) is 0 Å². The van der Waals surface area contributed by atoms with Crippen LogP contribution >= 0.6 is 23.3 Å². The van der Waals surface area contributed by atoms with Crippen LogP contribution in [0, 0.1) is 0 Å². The Kier molecular flexibility index (Phi) is 5.27. The van der Waals surface area contributed by atoms with E-state index in [4.69, 9.17) is 5.73 Å². The van der Waals surface area contributed by atoms with Gasteiger partial charge in [0.25, 0.3) is 18.7 Å². The molecule has 4 N–H and O–H groups in total. The lowest BCUT2D eigenvalue weighted by atomic mass is 10.0. The van der Waals surface area contributed by atoms with Gasteiger partial charge in [-0.15, -0.1) is 11.8 Å². The van der Waals surface area contributed by atoms with Crippen LogP contribution in [0.25, 0.3) is 0 Å². The second-order valence-electron chi connectivity index (χ2n) is 5.43. The highest BCUT2D eigenvalue weighted by Gasteiger charge is 2.54. The molecule has 2 aliphatic rings. The van der Waals surface area contributed by atoms with Crippen molar-refractivity contribution in [3.05, 3.63) is 17.1 Å². The van der Waals surface area contributed by atoms with Gasteiger partial charge in [-0.25, -0.2) is 9.18 Å². The second-order valence-corrected chi connectivity index (χ2v) is 7.32. The summed E-state index contributed by atoms with van der Waals surface area (Å²) in [5.41, 5.74) is 5.49. The number of thioether (sulfide) groups is 1. The Morgan fingerprint density at radius 1 is 1.56 bits per heavy atom. The van der Waals surface area contributed by atoms with E-state index < -0.39 is 41.8 Å². The Hall–Kier alpha value is -2.74. The fourth-order valence-electron chi connectivity index (χ4n) is 2.59. The number of carboxylic acid groups (broad SMARTS) is 1. The van der Waals surface area contributed by atoms with Gasteiger partial charge in [0.05, 0.1) is 0 Å². The van der Waals surface area contributed by atoms with Crippen LogP contribution in [0.1, 0.15) is 12.7 Å². The van der Waals surface area contributed by atoms with E-state index in [1.54, 1.807) is 6.92 Å². The van der Waals surface area contributed by atoms with Crippen LogP contribution in [-0.2, 0) is 19.2 Å². The van der Waals surface area contributed by atoms with E-state index in [1.165, 1.54) is 11.8 Å². The fraction of sp³-hybridized carbons (Fsp3) is 0.385. The van der Waals surface area contributed by atoms with Crippen LogP contribution in [-0.4, -0.2) is 66.9 Å². The van der Waals surface area contributed by atoms with Crippen molar-refractivity contribution in [2.45, 2.75) is 18.3 Å². The first-order valence-electron chi connectivity index (χ1n) is 7.39. The van der Waals surface area contributed by atoms with Gasteiger partial charge < -0.3 is 21.0 Å². The predicted octanol–water partition coefficient (Wildman–Crippen LogP) is -0.473. The van der Waals surface area contributed by atoms with Crippen LogP contribution in [0.5, 0.6) is 0 Å². The van der Waals surface area contributed by atoms with Crippen molar-refractivity contribution in [3.8, 4) is 0 Å². The number of anilines is 1. The minimum absolute atomic E-state index is 0.0613. The molecule has 14 heteroatoms. The minimum Gasteiger partial charge on any atom is -0.477 e. The maximum Gasteiger partial charge on any atom is 0.352 e. The molecule has 2 aliphatic heterocycles. The van der Waals surface area contributed by atoms with Gasteiger partial charge in [0.15, 0.2) is 5.13 Å². The number of carbonyl (C=O) groups excluding carboxylic acids is 2. The maximum absolute atomic E-state index is 12.5. The van der Waals surface area contributed by atoms with Crippen molar-refractivity contribution in [2.24, 2.45) is 5.16 Å². The number of amides is 2. The summed E-state index contributed by atoms with van der Waals surface area (Å²) in [6, 6.07) is -0.975. The van der Waals surface area contributed by atoms with Crippen molar-refractivity contribution < 1.29 is 28.7 Å². The van der Waals surface area contributed by atoms with Gasteiger partial charge in [-0.3, -0.25) is 14.5 Å². The van der Waals surface area contributed by atoms with Gasteiger partial charge in [0.2, 0.25) is 11.5 Å². The Balaban J connectivity index is 1.78. The number of nitrogens with one attached hydrogen (secondary N) is 1. The maximum atomic E-state index is 12.5. The third-order valence-electron chi connectivity index (χ3n) is 3.72. The van der Waals surface area contributed by atoms with E-state index in [0.717, 1.165) is 16.4 Å². The quantitative estimate of drug-likeness (QED) is 0.316. The molecule has 0 bridgehead atoms. The monoisotopic (exact) mass is 416 g/mol. The predicted molar refractivity (Wildman–Crippen MR) is 93.3 cm³/mol. The number of carbonyl (C=O) groups is 3. The largest absolute Gasteiger partial charge is 0.477 e. The lowest BCUT2D eigenvalue weighted by Gasteiger charge is -2.49. The molecule has 2 atom stereocenters. The summed E-state index contributed by atoms with van der Waals surface area (Å²) in [5.74, 6) is -2.43. The molecular weight excluding hydrogens is 403 g/mol. The molecule has 3 heterocycles. The summed E-state index contributed by atoms with van der Waals surface area (Å²) in [6.07, 6.45) is 0. The van der Waals surface area contributed by atoms with Gasteiger partial charge in [0.1, 0.15) is 17.1 Å². The number of nitrogens with two attached hydrogens (primary N) is 1. The molecule has 1 aromatic rings. The van der Waals surface area contributed by atoms with Gasteiger partial charge >= 0.3 is 5.97 Å². The number of aromatic nitrogens is 2.